The van der Waals surface area contributed by atoms with E-state index >= 15 is 0 Å². The van der Waals surface area contributed by atoms with Crippen molar-refractivity contribution in [2.75, 3.05) is 6.61 Å². The van der Waals surface area contributed by atoms with Crippen molar-refractivity contribution in [2.45, 2.75) is 31.8 Å². The van der Waals surface area contributed by atoms with E-state index in [0.717, 1.165) is 19.4 Å². The van der Waals surface area contributed by atoms with E-state index in [4.69, 9.17) is 14.3 Å². The molecular formula is C10H13NO4. The highest BCUT2D eigenvalue weighted by atomic mass is 16.5. The van der Waals surface area contributed by atoms with Crippen molar-refractivity contribution in [1.29, 1.82) is 0 Å². The van der Waals surface area contributed by atoms with Crippen LogP contribution in [-0.2, 0) is 16.0 Å². The van der Waals surface area contributed by atoms with Gasteiger partial charge in [0.1, 0.15) is 11.9 Å². The smallest absolute Gasteiger partial charge is 0.303 e. The lowest BCUT2D eigenvalue weighted by atomic mass is 10.2. The molecule has 5 heteroatoms. The van der Waals surface area contributed by atoms with Gasteiger partial charge in [0.2, 0.25) is 5.89 Å². The standard InChI is InChI=1S/C10H13NO4/c12-9(13)4-3-7-6-11-10(15-7)8-2-1-5-14-8/h6,8H,1-5H2,(H,12,13). The number of aromatic nitrogens is 1. The fourth-order valence-corrected chi connectivity index (χ4v) is 1.59. The van der Waals surface area contributed by atoms with Gasteiger partial charge in [0.05, 0.1) is 12.6 Å². The van der Waals surface area contributed by atoms with Crippen LogP contribution in [0.1, 0.15) is 37.0 Å². The van der Waals surface area contributed by atoms with Gasteiger partial charge in [-0.05, 0) is 12.8 Å². The molecule has 1 N–H and O–H groups in total. The second kappa shape index (κ2) is 4.44. The van der Waals surface area contributed by atoms with E-state index in [2.05, 4.69) is 4.98 Å². The van der Waals surface area contributed by atoms with Crippen molar-refractivity contribution in [3.8, 4) is 0 Å². The molecule has 1 aromatic rings. The Labute approximate surface area is 87.1 Å². The van der Waals surface area contributed by atoms with Crippen molar-refractivity contribution in [2.24, 2.45) is 0 Å². The van der Waals surface area contributed by atoms with Crippen LogP contribution in [0.3, 0.4) is 0 Å². The summed E-state index contributed by atoms with van der Waals surface area (Å²) in [5, 5.41) is 8.51. The maximum absolute atomic E-state index is 10.3. The predicted molar refractivity (Wildman–Crippen MR) is 50.4 cm³/mol. The van der Waals surface area contributed by atoms with Crippen LogP contribution in [0.4, 0.5) is 0 Å². The molecule has 0 radical (unpaired) electrons. The van der Waals surface area contributed by atoms with E-state index in [9.17, 15) is 4.79 Å². The van der Waals surface area contributed by atoms with Gasteiger partial charge in [0, 0.05) is 13.0 Å². The Kier molecular flexibility index (Phi) is 3.01. The molecular weight excluding hydrogens is 198 g/mol. The first-order valence-electron chi connectivity index (χ1n) is 5.03. The average Bonchev–Trinajstić information content (AvgIpc) is 2.85. The van der Waals surface area contributed by atoms with E-state index in [1.165, 1.54) is 0 Å². The van der Waals surface area contributed by atoms with Crippen LogP contribution >= 0.6 is 0 Å². The normalized spacial score (nSPS) is 20.7. The zero-order valence-electron chi connectivity index (χ0n) is 8.31. The summed E-state index contributed by atoms with van der Waals surface area (Å²) in [5.41, 5.74) is 0. The zero-order valence-corrected chi connectivity index (χ0v) is 8.31. The minimum Gasteiger partial charge on any atom is -0.481 e. The van der Waals surface area contributed by atoms with E-state index in [1.54, 1.807) is 6.20 Å². The first kappa shape index (κ1) is 10.2. The highest BCUT2D eigenvalue weighted by molar-refractivity contribution is 5.66. The fourth-order valence-electron chi connectivity index (χ4n) is 1.59. The number of hydrogen-bond donors (Lipinski definition) is 1. The first-order chi connectivity index (χ1) is 7.25. The SMILES string of the molecule is O=C(O)CCc1cnc(C2CCCO2)o1. The van der Waals surface area contributed by atoms with Gasteiger partial charge in [-0.25, -0.2) is 4.98 Å². The van der Waals surface area contributed by atoms with Gasteiger partial charge in [0.15, 0.2) is 0 Å². The Bertz CT molecular complexity index is 341. The molecule has 0 aromatic carbocycles. The summed E-state index contributed by atoms with van der Waals surface area (Å²) in [6, 6.07) is 0. The average molecular weight is 211 g/mol. The Balaban J connectivity index is 1.94. The van der Waals surface area contributed by atoms with Crippen molar-refractivity contribution in [3.63, 3.8) is 0 Å². The van der Waals surface area contributed by atoms with Crippen molar-refractivity contribution < 1.29 is 19.1 Å². The van der Waals surface area contributed by atoms with Crippen molar-refractivity contribution in [1.82, 2.24) is 4.98 Å². The summed E-state index contributed by atoms with van der Waals surface area (Å²) in [4.78, 5) is 14.4. The summed E-state index contributed by atoms with van der Waals surface area (Å²) >= 11 is 0. The van der Waals surface area contributed by atoms with Crippen molar-refractivity contribution in [3.05, 3.63) is 17.8 Å². The highest BCUT2D eigenvalue weighted by Crippen LogP contribution is 2.27. The number of carboxylic acids is 1. The fraction of sp³-hybridized carbons (Fsp3) is 0.600. The summed E-state index contributed by atoms with van der Waals surface area (Å²) in [5.74, 6) is 0.362. The third-order valence-corrected chi connectivity index (χ3v) is 2.36. The lowest BCUT2D eigenvalue weighted by molar-refractivity contribution is -0.137. The Morgan fingerprint density at radius 1 is 1.67 bits per heavy atom. The van der Waals surface area contributed by atoms with Crippen LogP contribution in [0, 0.1) is 0 Å². The molecule has 0 amide bonds. The molecule has 1 unspecified atom stereocenters. The molecule has 0 spiro atoms. The predicted octanol–water partition coefficient (Wildman–Crippen LogP) is 1.54. The van der Waals surface area contributed by atoms with Gasteiger partial charge in [-0.2, -0.15) is 0 Å². The maximum Gasteiger partial charge on any atom is 0.303 e. The van der Waals surface area contributed by atoms with Gasteiger partial charge in [-0.15, -0.1) is 0 Å². The minimum atomic E-state index is -0.829. The minimum absolute atomic E-state index is 0.0384. The van der Waals surface area contributed by atoms with E-state index in [0.29, 0.717) is 18.1 Å². The molecule has 82 valence electrons. The molecule has 0 bridgehead atoms. The van der Waals surface area contributed by atoms with Crippen LogP contribution in [-0.4, -0.2) is 22.7 Å². The van der Waals surface area contributed by atoms with Crippen LogP contribution in [0.25, 0.3) is 0 Å². The number of hydrogen-bond acceptors (Lipinski definition) is 4. The third kappa shape index (κ3) is 2.56. The van der Waals surface area contributed by atoms with E-state index < -0.39 is 5.97 Å². The van der Waals surface area contributed by atoms with Gasteiger partial charge in [-0.1, -0.05) is 0 Å². The third-order valence-electron chi connectivity index (χ3n) is 2.36. The molecule has 1 saturated heterocycles. The second-order valence-electron chi connectivity index (χ2n) is 3.56. The second-order valence-corrected chi connectivity index (χ2v) is 3.56. The number of aryl methyl sites for hydroxylation is 1. The van der Waals surface area contributed by atoms with Crippen molar-refractivity contribution >= 4 is 5.97 Å². The number of oxazole rings is 1. The number of carboxylic acid groups (broad SMARTS) is 1. The molecule has 1 fully saturated rings. The Morgan fingerprint density at radius 2 is 2.53 bits per heavy atom. The molecule has 1 aliphatic heterocycles. The zero-order chi connectivity index (χ0) is 10.7. The quantitative estimate of drug-likeness (QED) is 0.817. The molecule has 1 aromatic heterocycles. The number of carbonyl (C=O) groups is 1. The number of nitrogens with zero attached hydrogens (tertiary/aromatic N) is 1. The number of ether oxygens (including phenoxy) is 1. The van der Waals surface area contributed by atoms with Gasteiger partial charge in [-0.3, -0.25) is 4.79 Å². The lowest BCUT2D eigenvalue weighted by Crippen LogP contribution is -1.97. The molecule has 15 heavy (non-hydrogen) atoms. The molecule has 1 atom stereocenters. The summed E-state index contributed by atoms with van der Waals surface area (Å²) < 4.78 is 10.8. The molecule has 2 rings (SSSR count). The monoisotopic (exact) mass is 211 g/mol. The molecule has 2 heterocycles. The van der Waals surface area contributed by atoms with Gasteiger partial charge >= 0.3 is 5.97 Å². The van der Waals surface area contributed by atoms with Crippen LogP contribution < -0.4 is 0 Å². The summed E-state index contributed by atoms with van der Waals surface area (Å²) in [6.45, 7) is 0.748. The Morgan fingerprint density at radius 3 is 3.20 bits per heavy atom. The highest BCUT2D eigenvalue weighted by Gasteiger charge is 2.22. The van der Waals surface area contributed by atoms with E-state index in [-0.39, 0.29) is 12.5 Å². The summed E-state index contributed by atoms with van der Waals surface area (Å²) in [6.07, 6.45) is 3.95. The first-order valence-corrected chi connectivity index (χ1v) is 5.03. The number of rotatable bonds is 4. The lowest BCUT2D eigenvalue weighted by Gasteiger charge is -2.02. The number of aliphatic carboxylic acids is 1. The van der Waals surface area contributed by atoms with Gasteiger partial charge in [0.25, 0.3) is 0 Å². The van der Waals surface area contributed by atoms with Crippen LogP contribution in [0.15, 0.2) is 10.6 Å². The summed E-state index contributed by atoms with van der Waals surface area (Å²) in [7, 11) is 0. The van der Waals surface area contributed by atoms with Gasteiger partial charge < -0.3 is 14.3 Å². The Hall–Kier alpha value is -1.36. The largest absolute Gasteiger partial charge is 0.481 e. The molecule has 5 nitrogen and oxygen atoms in total. The topological polar surface area (TPSA) is 72.6 Å². The van der Waals surface area contributed by atoms with Crippen LogP contribution in [0.2, 0.25) is 0 Å². The van der Waals surface area contributed by atoms with E-state index in [1.807, 2.05) is 0 Å². The molecule has 1 aliphatic rings. The molecule has 0 saturated carbocycles. The molecule has 0 aliphatic carbocycles. The maximum atomic E-state index is 10.3. The van der Waals surface area contributed by atoms with Crippen LogP contribution in [0.5, 0.6) is 0 Å².